The van der Waals surface area contributed by atoms with E-state index in [1.54, 1.807) is 6.92 Å². The van der Waals surface area contributed by atoms with Crippen molar-refractivity contribution in [3.05, 3.63) is 33.9 Å². The summed E-state index contributed by atoms with van der Waals surface area (Å²) in [6, 6.07) is 3.78. The monoisotopic (exact) mass is 276 g/mol. The fourth-order valence-electron chi connectivity index (χ4n) is 1.64. The van der Waals surface area contributed by atoms with Crippen molar-refractivity contribution in [2.75, 3.05) is 6.61 Å². The standard InChI is InChI=1S/C14H16N2O4/c1-4-10(5-2)15-14(17)11-8-7-9-12(16(18)19)13(11)20-6-3/h1,7-10H,5-6H2,2-3H3,(H,15,17). The average molecular weight is 276 g/mol. The summed E-state index contributed by atoms with van der Waals surface area (Å²) < 4.78 is 5.25. The summed E-state index contributed by atoms with van der Waals surface area (Å²) in [6.45, 7) is 3.74. The van der Waals surface area contributed by atoms with Crippen LogP contribution in [0.5, 0.6) is 5.75 Å². The predicted octanol–water partition coefficient (Wildman–Crippen LogP) is 2.14. The van der Waals surface area contributed by atoms with Crippen molar-refractivity contribution in [2.24, 2.45) is 0 Å². The number of benzene rings is 1. The number of nitro groups is 1. The van der Waals surface area contributed by atoms with Crippen molar-refractivity contribution in [2.45, 2.75) is 26.3 Å². The number of hydrogen-bond acceptors (Lipinski definition) is 4. The third-order valence-corrected chi connectivity index (χ3v) is 2.64. The molecule has 1 aromatic rings. The van der Waals surface area contributed by atoms with Gasteiger partial charge in [-0.3, -0.25) is 14.9 Å². The normalized spacial score (nSPS) is 11.2. The van der Waals surface area contributed by atoms with Crippen molar-refractivity contribution in [1.82, 2.24) is 5.32 Å². The van der Waals surface area contributed by atoms with Gasteiger partial charge in [-0.1, -0.05) is 18.9 Å². The van der Waals surface area contributed by atoms with Gasteiger partial charge >= 0.3 is 5.69 Å². The molecule has 20 heavy (non-hydrogen) atoms. The largest absolute Gasteiger partial charge is 0.487 e. The number of carbonyl (C=O) groups excluding carboxylic acids is 1. The highest BCUT2D eigenvalue weighted by Gasteiger charge is 2.23. The number of rotatable bonds is 6. The Kier molecular flexibility index (Phi) is 5.54. The van der Waals surface area contributed by atoms with Crippen molar-refractivity contribution >= 4 is 11.6 Å². The molecule has 0 radical (unpaired) electrons. The number of amides is 1. The van der Waals surface area contributed by atoms with Gasteiger partial charge in [0.2, 0.25) is 5.75 Å². The van der Waals surface area contributed by atoms with Crippen LogP contribution in [0.15, 0.2) is 18.2 Å². The molecule has 1 atom stereocenters. The fraction of sp³-hybridized carbons (Fsp3) is 0.357. The molecule has 106 valence electrons. The molecule has 0 aliphatic carbocycles. The van der Waals surface area contributed by atoms with Crippen LogP contribution < -0.4 is 10.1 Å². The number of carbonyl (C=O) groups is 1. The highest BCUT2D eigenvalue weighted by molar-refractivity contribution is 5.98. The van der Waals surface area contributed by atoms with Crippen LogP contribution in [-0.4, -0.2) is 23.5 Å². The van der Waals surface area contributed by atoms with Crippen molar-refractivity contribution < 1.29 is 14.5 Å². The van der Waals surface area contributed by atoms with E-state index >= 15 is 0 Å². The van der Waals surface area contributed by atoms with Crippen LogP contribution in [0.4, 0.5) is 5.69 Å². The van der Waals surface area contributed by atoms with Gasteiger partial charge in [0.25, 0.3) is 5.91 Å². The Labute approximate surface area is 117 Å². The summed E-state index contributed by atoms with van der Waals surface area (Å²) in [4.78, 5) is 22.5. The van der Waals surface area contributed by atoms with Crippen LogP contribution in [0.1, 0.15) is 30.6 Å². The van der Waals surface area contributed by atoms with Gasteiger partial charge in [-0.15, -0.1) is 6.42 Å². The zero-order valence-electron chi connectivity index (χ0n) is 11.4. The molecule has 0 aliphatic rings. The number of nitro benzene ring substituents is 1. The minimum absolute atomic E-state index is 0.0376. The maximum atomic E-state index is 12.1. The first kappa shape index (κ1) is 15.5. The summed E-state index contributed by atoms with van der Waals surface area (Å²) in [5, 5.41) is 13.6. The van der Waals surface area contributed by atoms with Gasteiger partial charge in [0.05, 0.1) is 23.1 Å². The number of nitrogens with one attached hydrogen (secondary N) is 1. The van der Waals surface area contributed by atoms with E-state index in [4.69, 9.17) is 11.2 Å². The van der Waals surface area contributed by atoms with Crippen LogP contribution in [0.25, 0.3) is 0 Å². The Balaban J connectivity index is 3.17. The zero-order valence-corrected chi connectivity index (χ0v) is 11.4. The zero-order chi connectivity index (χ0) is 15.1. The Bertz CT molecular complexity index is 549. The van der Waals surface area contributed by atoms with Crippen LogP contribution in [0, 0.1) is 22.5 Å². The molecule has 1 aromatic carbocycles. The minimum atomic E-state index is -0.583. The first-order valence-corrected chi connectivity index (χ1v) is 6.22. The molecule has 1 N–H and O–H groups in total. The quantitative estimate of drug-likeness (QED) is 0.490. The van der Waals surface area contributed by atoms with Crippen LogP contribution >= 0.6 is 0 Å². The number of ether oxygens (including phenoxy) is 1. The van der Waals surface area contributed by atoms with Crippen LogP contribution in [-0.2, 0) is 0 Å². The van der Waals surface area contributed by atoms with Gasteiger partial charge in [-0.05, 0) is 19.4 Å². The highest BCUT2D eigenvalue weighted by atomic mass is 16.6. The van der Waals surface area contributed by atoms with E-state index < -0.39 is 16.9 Å². The predicted molar refractivity (Wildman–Crippen MR) is 74.6 cm³/mol. The molecule has 1 amide bonds. The Morgan fingerprint density at radius 2 is 2.25 bits per heavy atom. The lowest BCUT2D eigenvalue weighted by Gasteiger charge is -2.13. The molecule has 1 unspecified atom stereocenters. The first-order valence-electron chi connectivity index (χ1n) is 6.22. The molecule has 0 heterocycles. The van der Waals surface area contributed by atoms with Gasteiger partial charge in [0, 0.05) is 6.07 Å². The van der Waals surface area contributed by atoms with Crippen LogP contribution in [0.3, 0.4) is 0 Å². The van der Waals surface area contributed by atoms with Crippen molar-refractivity contribution in [3.8, 4) is 18.1 Å². The SMILES string of the molecule is C#CC(CC)NC(=O)c1cccc([N+](=O)[O-])c1OCC. The average Bonchev–Trinajstić information content (AvgIpc) is 2.44. The summed E-state index contributed by atoms with van der Waals surface area (Å²) in [6.07, 6.45) is 5.85. The van der Waals surface area contributed by atoms with Gasteiger partial charge < -0.3 is 10.1 Å². The summed E-state index contributed by atoms with van der Waals surface area (Å²) in [5.41, 5.74) is -0.136. The van der Waals surface area contributed by atoms with E-state index in [0.29, 0.717) is 6.42 Å². The van der Waals surface area contributed by atoms with Gasteiger partial charge in [-0.2, -0.15) is 0 Å². The van der Waals surface area contributed by atoms with E-state index in [1.807, 2.05) is 6.92 Å². The van der Waals surface area contributed by atoms with Gasteiger partial charge in [-0.25, -0.2) is 0 Å². The first-order chi connectivity index (χ1) is 9.54. The molecule has 0 fully saturated rings. The van der Waals surface area contributed by atoms with E-state index in [9.17, 15) is 14.9 Å². The second-order valence-corrected chi connectivity index (χ2v) is 3.94. The lowest BCUT2D eigenvalue weighted by molar-refractivity contribution is -0.385. The molecule has 6 heteroatoms. The Morgan fingerprint density at radius 1 is 1.55 bits per heavy atom. The topological polar surface area (TPSA) is 81.5 Å². The Morgan fingerprint density at radius 3 is 2.75 bits per heavy atom. The smallest absolute Gasteiger partial charge is 0.311 e. The lowest BCUT2D eigenvalue weighted by Crippen LogP contribution is -2.33. The van der Waals surface area contributed by atoms with Gasteiger partial charge in [0.15, 0.2) is 0 Å². The van der Waals surface area contributed by atoms with Crippen LogP contribution in [0.2, 0.25) is 0 Å². The van der Waals surface area contributed by atoms with Gasteiger partial charge in [0.1, 0.15) is 0 Å². The molecule has 1 rings (SSSR count). The fourth-order valence-corrected chi connectivity index (χ4v) is 1.64. The van der Waals surface area contributed by atoms with E-state index in [1.165, 1.54) is 18.2 Å². The minimum Gasteiger partial charge on any atom is -0.487 e. The molecule has 6 nitrogen and oxygen atoms in total. The number of para-hydroxylation sites is 1. The molecular weight excluding hydrogens is 260 g/mol. The molecule has 0 saturated heterocycles. The second kappa shape index (κ2) is 7.14. The highest BCUT2D eigenvalue weighted by Crippen LogP contribution is 2.30. The molecule has 0 bridgehead atoms. The number of terminal acetylenes is 1. The maximum Gasteiger partial charge on any atom is 0.311 e. The molecular formula is C14H16N2O4. The summed E-state index contributed by atoms with van der Waals surface area (Å²) >= 11 is 0. The third kappa shape index (κ3) is 3.48. The molecule has 0 aliphatic heterocycles. The number of nitrogens with zero attached hydrogens (tertiary/aromatic N) is 1. The molecule has 0 saturated carbocycles. The third-order valence-electron chi connectivity index (χ3n) is 2.64. The second-order valence-electron chi connectivity index (χ2n) is 3.94. The van der Waals surface area contributed by atoms with E-state index in [2.05, 4.69) is 11.2 Å². The summed E-state index contributed by atoms with van der Waals surface area (Å²) in [7, 11) is 0. The summed E-state index contributed by atoms with van der Waals surface area (Å²) in [5.74, 6) is 1.91. The van der Waals surface area contributed by atoms with Crippen molar-refractivity contribution in [1.29, 1.82) is 0 Å². The van der Waals surface area contributed by atoms with E-state index in [0.717, 1.165) is 0 Å². The lowest BCUT2D eigenvalue weighted by atomic mass is 10.1. The van der Waals surface area contributed by atoms with E-state index in [-0.39, 0.29) is 23.6 Å². The maximum absolute atomic E-state index is 12.1. The number of hydrogen-bond donors (Lipinski definition) is 1. The molecule has 0 aromatic heterocycles. The molecule has 0 spiro atoms. The Hall–Kier alpha value is -2.55. The van der Waals surface area contributed by atoms with Crippen molar-refractivity contribution in [3.63, 3.8) is 0 Å².